The molecular formula is C14H17FN2S. The lowest BCUT2D eigenvalue weighted by Gasteiger charge is -2.12. The van der Waals surface area contributed by atoms with Crippen LogP contribution in [0.4, 0.5) is 4.39 Å². The fourth-order valence-corrected chi connectivity index (χ4v) is 2.79. The fourth-order valence-electron chi connectivity index (χ4n) is 1.79. The molecule has 0 aliphatic rings. The van der Waals surface area contributed by atoms with Crippen LogP contribution in [0.25, 0.3) is 0 Å². The van der Waals surface area contributed by atoms with Crippen molar-refractivity contribution in [3.63, 3.8) is 0 Å². The molecule has 18 heavy (non-hydrogen) atoms. The van der Waals surface area contributed by atoms with E-state index in [-0.39, 0.29) is 11.9 Å². The van der Waals surface area contributed by atoms with E-state index in [1.807, 2.05) is 12.3 Å². The first-order valence-electron chi connectivity index (χ1n) is 5.96. The van der Waals surface area contributed by atoms with Crippen molar-refractivity contribution in [2.45, 2.75) is 32.7 Å². The Labute approximate surface area is 111 Å². The van der Waals surface area contributed by atoms with Crippen LogP contribution in [-0.2, 0) is 0 Å². The lowest BCUT2D eigenvalue weighted by molar-refractivity contribution is 0.622. The van der Waals surface area contributed by atoms with Gasteiger partial charge in [-0.15, -0.1) is 11.3 Å². The van der Waals surface area contributed by atoms with Crippen molar-refractivity contribution in [3.8, 4) is 0 Å². The summed E-state index contributed by atoms with van der Waals surface area (Å²) in [4.78, 5) is 4.53. The Bertz CT molecular complexity index is 548. The van der Waals surface area contributed by atoms with Crippen molar-refractivity contribution in [3.05, 3.63) is 51.2 Å². The maximum Gasteiger partial charge on any atom is 0.123 e. The molecule has 0 saturated carbocycles. The number of aryl methyl sites for hydroxylation is 1. The number of nitrogens with zero attached hydrogens (tertiary/aromatic N) is 1. The largest absolute Gasteiger partial charge is 0.318 e. The molecule has 1 atom stereocenters. The lowest BCUT2D eigenvalue weighted by atomic mass is 10.0. The van der Waals surface area contributed by atoms with Crippen molar-refractivity contribution in [2.75, 3.05) is 0 Å². The molecule has 0 saturated heterocycles. The second kappa shape index (κ2) is 5.16. The third-order valence-corrected chi connectivity index (χ3v) is 3.92. The molecule has 0 fully saturated rings. The molecule has 1 aromatic carbocycles. The number of aromatic nitrogens is 1. The van der Waals surface area contributed by atoms with Crippen LogP contribution in [0.3, 0.4) is 0 Å². The van der Waals surface area contributed by atoms with Gasteiger partial charge in [0, 0.05) is 5.38 Å². The number of rotatable bonds is 3. The Morgan fingerprint density at radius 2 is 2.06 bits per heavy atom. The molecule has 4 heteroatoms. The van der Waals surface area contributed by atoms with Crippen molar-refractivity contribution in [2.24, 2.45) is 5.73 Å². The van der Waals surface area contributed by atoms with E-state index in [0.717, 1.165) is 21.8 Å². The smallest absolute Gasteiger partial charge is 0.123 e. The summed E-state index contributed by atoms with van der Waals surface area (Å²) in [6.45, 7) is 6.13. The quantitative estimate of drug-likeness (QED) is 0.916. The molecule has 0 radical (unpaired) electrons. The van der Waals surface area contributed by atoms with E-state index in [4.69, 9.17) is 5.73 Å². The summed E-state index contributed by atoms with van der Waals surface area (Å²) in [5.74, 6) is 0.127. The number of thiazole rings is 1. The summed E-state index contributed by atoms with van der Waals surface area (Å²) in [6, 6.07) is 4.35. The molecule has 2 nitrogen and oxygen atoms in total. The highest BCUT2D eigenvalue weighted by Gasteiger charge is 2.16. The molecule has 0 spiro atoms. The fraction of sp³-hybridized carbons (Fsp3) is 0.357. The summed E-state index contributed by atoms with van der Waals surface area (Å²) in [5.41, 5.74) is 9.02. The zero-order chi connectivity index (χ0) is 13.3. The second-order valence-corrected chi connectivity index (χ2v) is 5.63. The maximum absolute atomic E-state index is 13.3. The summed E-state index contributed by atoms with van der Waals surface area (Å²) in [7, 11) is 0. The van der Waals surface area contributed by atoms with Gasteiger partial charge < -0.3 is 5.73 Å². The van der Waals surface area contributed by atoms with Gasteiger partial charge in [0.25, 0.3) is 0 Å². The van der Waals surface area contributed by atoms with Gasteiger partial charge >= 0.3 is 0 Å². The standard InChI is InChI=1S/C14H17FN2S/c1-8(2)12-7-18-14(17-12)13(16)11-6-10(15)5-4-9(11)3/h4-8,13H,16H2,1-3H3. The average molecular weight is 264 g/mol. The van der Waals surface area contributed by atoms with Crippen molar-refractivity contribution in [1.29, 1.82) is 0 Å². The van der Waals surface area contributed by atoms with E-state index in [1.54, 1.807) is 6.07 Å². The normalized spacial score (nSPS) is 13.0. The first-order valence-corrected chi connectivity index (χ1v) is 6.84. The molecule has 0 amide bonds. The zero-order valence-corrected chi connectivity index (χ0v) is 11.6. The van der Waals surface area contributed by atoms with E-state index in [2.05, 4.69) is 18.8 Å². The summed E-state index contributed by atoms with van der Waals surface area (Å²) < 4.78 is 13.3. The van der Waals surface area contributed by atoms with Gasteiger partial charge in [-0.2, -0.15) is 0 Å². The number of hydrogen-bond donors (Lipinski definition) is 1. The molecule has 0 bridgehead atoms. The Kier molecular flexibility index (Phi) is 3.78. The highest BCUT2D eigenvalue weighted by Crippen LogP contribution is 2.27. The van der Waals surface area contributed by atoms with Gasteiger partial charge in [-0.3, -0.25) is 0 Å². The Hall–Kier alpha value is -1.26. The topological polar surface area (TPSA) is 38.9 Å². The minimum atomic E-state index is -0.349. The van der Waals surface area contributed by atoms with E-state index in [1.165, 1.54) is 23.5 Å². The summed E-state index contributed by atoms with van der Waals surface area (Å²) in [5, 5.41) is 2.86. The van der Waals surface area contributed by atoms with Gasteiger partial charge in [0.15, 0.2) is 0 Å². The Balaban J connectivity index is 2.34. The minimum absolute atomic E-state index is 0.258. The highest BCUT2D eigenvalue weighted by atomic mass is 32.1. The third-order valence-electron chi connectivity index (χ3n) is 2.97. The van der Waals surface area contributed by atoms with Crippen LogP contribution in [0.5, 0.6) is 0 Å². The average Bonchev–Trinajstić information content (AvgIpc) is 2.81. The Morgan fingerprint density at radius 3 is 2.67 bits per heavy atom. The predicted octanol–water partition coefficient (Wildman–Crippen LogP) is 3.76. The molecule has 2 rings (SSSR count). The SMILES string of the molecule is Cc1ccc(F)cc1C(N)c1nc(C(C)C)cs1. The van der Waals surface area contributed by atoms with Gasteiger partial charge in [-0.05, 0) is 36.1 Å². The summed E-state index contributed by atoms with van der Waals surface area (Å²) in [6.07, 6.45) is 0. The molecule has 1 heterocycles. The Morgan fingerprint density at radius 1 is 1.33 bits per heavy atom. The minimum Gasteiger partial charge on any atom is -0.318 e. The van der Waals surface area contributed by atoms with Crippen LogP contribution in [0, 0.1) is 12.7 Å². The van der Waals surface area contributed by atoms with Crippen molar-refractivity contribution in [1.82, 2.24) is 4.98 Å². The molecule has 0 aliphatic heterocycles. The van der Waals surface area contributed by atoms with Gasteiger partial charge in [-0.1, -0.05) is 19.9 Å². The van der Waals surface area contributed by atoms with Crippen LogP contribution in [0.2, 0.25) is 0 Å². The van der Waals surface area contributed by atoms with Gasteiger partial charge in [-0.25, -0.2) is 9.37 Å². The second-order valence-electron chi connectivity index (χ2n) is 4.74. The molecule has 1 aromatic heterocycles. The maximum atomic E-state index is 13.3. The number of nitrogens with two attached hydrogens (primary N) is 1. The van der Waals surface area contributed by atoms with Crippen molar-refractivity contribution < 1.29 is 4.39 Å². The van der Waals surface area contributed by atoms with E-state index in [9.17, 15) is 4.39 Å². The van der Waals surface area contributed by atoms with Crippen LogP contribution < -0.4 is 5.73 Å². The molecule has 0 aliphatic carbocycles. The molecule has 1 unspecified atom stereocenters. The first-order chi connectivity index (χ1) is 8.49. The highest BCUT2D eigenvalue weighted by molar-refractivity contribution is 7.09. The van der Waals surface area contributed by atoms with Crippen LogP contribution in [-0.4, -0.2) is 4.98 Å². The monoisotopic (exact) mass is 264 g/mol. The van der Waals surface area contributed by atoms with E-state index in [0.29, 0.717) is 5.92 Å². The number of benzene rings is 1. The predicted molar refractivity (Wildman–Crippen MR) is 73.4 cm³/mol. The van der Waals surface area contributed by atoms with Gasteiger partial charge in [0.2, 0.25) is 0 Å². The van der Waals surface area contributed by atoms with Gasteiger partial charge in [0.1, 0.15) is 10.8 Å². The molecule has 2 N–H and O–H groups in total. The first kappa shape index (κ1) is 13.2. The zero-order valence-electron chi connectivity index (χ0n) is 10.8. The van der Waals surface area contributed by atoms with E-state index >= 15 is 0 Å². The number of halogens is 1. The third kappa shape index (κ3) is 2.60. The van der Waals surface area contributed by atoms with Crippen LogP contribution in [0.1, 0.15) is 47.6 Å². The van der Waals surface area contributed by atoms with Gasteiger partial charge in [0.05, 0.1) is 11.7 Å². The molecule has 96 valence electrons. The molecular weight excluding hydrogens is 247 g/mol. The number of hydrogen-bond acceptors (Lipinski definition) is 3. The van der Waals surface area contributed by atoms with Crippen molar-refractivity contribution >= 4 is 11.3 Å². The molecule has 2 aromatic rings. The van der Waals surface area contributed by atoms with Crippen LogP contribution >= 0.6 is 11.3 Å². The lowest BCUT2D eigenvalue weighted by Crippen LogP contribution is -2.13. The van der Waals surface area contributed by atoms with E-state index < -0.39 is 0 Å². The summed E-state index contributed by atoms with van der Waals surface area (Å²) >= 11 is 1.54. The van der Waals surface area contributed by atoms with Crippen LogP contribution in [0.15, 0.2) is 23.6 Å².